The van der Waals surface area contributed by atoms with Crippen LogP contribution in [-0.4, -0.2) is 23.2 Å². The number of aromatic amines is 1. The van der Waals surface area contributed by atoms with E-state index in [0.717, 1.165) is 28.1 Å². The first kappa shape index (κ1) is 17.3. The molecule has 0 aliphatic carbocycles. The van der Waals surface area contributed by atoms with Crippen LogP contribution in [0.2, 0.25) is 0 Å². The van der Waals surface area contributed by atoms with E-state index in [1.165, 1.54) is 5.56 Å². The number of hydrogen-bond acceptors (Lipinski definition) is 3. The van der Waals surface area contributed by atoms with Gasteiger partial charge in [-0.2, -0.15) is 5.10 Å². The molecule has 5 nitrogen and oxygen atoms in total. The first-order valence-electron chi connectivity index (χ1n) is 9.02. The maximum atomic E-state index is 12.4. The summed E-state index contributed by atoms with van der Waals surface area (Å²) in [6.07, 6.45) is 0. The molecule has 0 fully saturated rings. The largest absolute Gasteiger partial charge is 0.497 e. The van der Waals surface area contributed by atoms with Gasteiger partial charge in [0.05, 0.1) is 18.8 Å². The van der Waals surface area contributed by atoms with E-state index in [0.29, 0.717) is 5.69 Å². The smallest absolute Gasteiger partial charge is 0.270 e. The lowest BCUT2D eigenvalue weighted by Crippen LogP contribution is -2.21. The molecule has 2 heterocycles. The highest BCUT2D eigenvalue weighted by Crippen LogP contribution is 2.38. The molecule has 4 rings (SSSR count). The third-order valence-corrected chi connectivity index (χ3v) is 5.05. The number of H-pyrrole nitrogens is 1. The fourth-order valence-electron chi connectivity index (χ4n) is 3.50. The van der Waals surface area contributed by atoms with Crippen molar-refractivity contribution in [3.8, 4) is 17.0 Å². The van der Waals surface area contributed by atoms with Gasteiger partial charge in [-0.15, -0.1) is 0 Å². The topological polar surface area (TPSA) is 67.0 Å². The predicted octanol–water partition coefficient (Wildman–Crippen LogP) is 4.22. The number of nitrogens with zero attached hydrogens (tertiary/aromatic N) is 1. The Balaban J connectivity index is 1.77. The van der Waals surface area contributed by atoms with Crippen LogP contribution in [0.25, 0.3) is 11.3 Å². The Morgan fingerprint density at radius 2 is 1.81 bits per heavy atom. The molecule has 0 spiro atoms. The van der Waals surface area contributed by atoms with Crippen LogP contribution in [0.5, 0.6) is 5.75 Å². The molecule has 1 aliphatic rings. The van der Waals surface area contributed by atoms with Gasteiger partial charge in [-0.1, -0.05) is 57.2 Å². The lowest BCUT2D eigenvalue weighted by atomic mass is 9.86. The molecule has 0 saturated heterocycles. The molecule has 0 unspecified atom stereocenters. The van der Waals surface area contributed by atoms with Crippen LogP contribution in [0.1, 0.15) is 54.0 Å². The van der Waals surface area contributed by atoms with E-state index in [1.54, 1.807) is 7.11 Å². The predicted molar refractivity (Wildman–Crippen MR) is 105 cm³/mol. The number of fused-ring (bicyclic) bond motifs is 1. The Hall–Kier alpha value is -3.08. The van der Waals surface area contributed by atoms with E-state index in [-0.39, 0.29) is 17.4 Å². The van der Waals surface area contributed by atoms with Crippen LogP contribution in [0.15, 0.2) is 48.5 Å². The Morgan fingerprint density at radius 3 is 2.48 bits per heavy atom. The van der Waals surface area contributed by atoms with Crippen molar-refractivity contribution in [2.45, 2.75) is 32.2 Å². The van der Waals surface area contributed by atoms with Crippen molar-refractivity contribution in [3.05, 3.63) is 70.9 Å². The van der Waals surface area contributed by atoms with Crippen LogP contribution >= 0.6 is 0 Å². The van der Waals surface area contributed by atoms with Gasteiger partial charge in [-0.25, -0.2) is 0 Å². The summed E-state index contributed by atoms with van der Waals surface area (Å²) in [5.74, 6) is 0.629. The molecule has 0 bridgehead atoms. The number of amides is 1. The van der Waals surface area contributed by atoms with Gasteiger partial charge in [0.25, 0.3) is 5.91 Å². The highest BCUT2D eigenvalue weighted by Gasteiger charge is 2.35. The summed E-state index contributed by atoms with van der Waals surface area (Å²) in [4.78, 5) is 12.4. The van der Waals surface area contributed by atoms with Crippen LogP contribution in [0.3, 0.4) is 0 Å². The van der Waals surface area contributed by atoms with Gasteiger partial charge < -0.3 is 10.1 Å². The fourth-order valence-corrected chi connectivity index (χ4v) is 3.50. The van der Waals surface area contributed by atoms with Crippen molar-refractivity contribution in [2.24, 2.45) is 0 Å². The Labute approximate surface area is 158 Å². The van der Waals surface area contributed by atoms with Gasteiger partial charge in [-0.3, -0.25) is 9.89 Å². The van der Waals surface area contributed by atoms with E-state index in [4.69, 9.17) is 4.74 Å². The van der Waals surface area contributed by atoms with Crippen molar-refractivity contribution >= 4 is 5.91 Å². The number of carbonyl (C=O) groups is 1. The third-order valence-electron chi connectivity index (χ3n) is 5.05. The fraction of sp³-hybridized carbons (Fsp3) is 0.273. The maximum absolute atomic E-state index is 12.4. The summed E-state index contributed by atoms with van der Waals surface area (Å²) in [6.45, 7) is 6.57. The van der Waals surface area contributed by atoms with E-state index in [9.17, 15) is 4.79 Å². The Kier molecular flexibility index (Phi) is 4.02. The van der Waals surface area contributed by atoms with Crippen molar-refractivity contribution in [2.75, 3.05) is 7.11 Å². The van der Waals surface area contributed by atoms with Gasteiger partial charge in [0, 0.05) is 11.1 Å². The normalized spacial score (nSPS) is 16.1. The van der Waals surface area contributed by atoms with Crippen molar-refractivity contribution in [3.63, 3.8) is 0 Å². The second-order valence-corrected chi connectivity index (χ2v) is 7.87. The summed E-state index contributed by atoms with van der Waals surface area (Å²) in [7, 11) is 1.64. The number of benzene rings is 2. The lowest BCUT2D eigenvalue weighted by Gasteiger charge is -2.20. The van der Waals surface area contributed by atoms with Gasteiger partial charge in [0.15, 0.2) is 0 Å². The molecule has 138 valence electrons. The van der Waals surface area contributed by atoms with Crippen LogP contribution in [0.4, 0.5) is 0 Å². The number of hydrogen-bond donors (Lipinski definition) is 2. The lowest BCUT2D eigenvalue weighted by molar-refractivity contribution is 0.0955. The van der Waals surface area contributed by atoms with Crippen molar-refractivity contribution < 1.29 is 9.53 Å². The third kappa shape index (κ3) is 2.99. The second kappa shape index (κ2) is 6.27. The molecule has 1 atom stereocenters. The number of ether oxygens (including phenoxy) is 1. The molecule has 27 heavy (non-hydrogen) atoms. The Morgan fingerprint density at radius 1 is 1.07 bits per heavy atom. The average molecular weight is 361 g/mol. The zero-order chi connectivity index (χ0) is 19.2. The summed E-state index contributed by atoms with van der Waals surface area (Å²) < 4.78 is 5.33. The summed E-state index contributed by atoms with van der Waals surface area (Å²) in [5.41, 5.74) is 5.49. The van der Waals surface area contributed by atoms with Gasteiger partial charge in [0.1, 0.15) is 11.4 Å². The van der Waals surface area contributed by atoms with E-state index < -0.39 is 0 Å². The molecule has 2 aromatic carbocycles. The highest BCUT2D eigenvalue weighted by molar-refractivity contribution is 6.00. The summed E-state index contributed by atoms with van der Waals surface area (Å²) in [5, 5.41) is 10.4. The number of rotatable bonds is 3. The van der Waals surface area contributed by atoms with Crippen molar-refractivity contribution in [1.29, 1.82) is 0 Å². The first-order valence-corrected chi connectivity index (χ1v) is 9.02. The molecular weight excluding hydrogens is 338 g/mol. The molecule has 2 N–H and O–H groups in total. The van der Waals surface area contributed by atoms with Crippen LogP contribution < -0.4 is 10.1 Å². The highest BCUT2D eigenvalue weighted by atomic mass is 16.5. The van der Waals surface area contributed by atoms with E-state index in [2.05, 4.69) is 60.6 Å². The molecule has 3 aromatic rings. The summed E-state index contributed by atoms with van der Waals surface area (Å²) in [6, 6.07) is 15.9. The molecular formula is C22H23N3O2. The van der Waals surface area contributed by atoms with Gasteiger partial charge >= 0.3 is 0 Å². The summed E-state index contributed by atoms with van der Waals surface area (Å²) >= 11 is 0. The standard InChI is InChI=1S/C22H23N3O2/c1-22(2,3)15-10-8-13(9-11-15)18-17-19(24-25-20(17)21(26)23-18)14-6-5-7-16(12-14)27-4/h5-12,18H,1-4H3,(H,23,26)(H,24,25)/t18-/m0/s1. The van der Waals surface area contributed by atoms with E-state index >= 15 is 0 Å². The molecule has 0 radical (unpaired) electrons. The minimum absolute atomic E-state index is 0.0873. The van der Waals surface area contributed by atoms with Crippen molar-refractivity contribution in [1.82, 2.24) is 15.5 Å². The Bertz CT molecular complexity index is 997. The molecule has 1 amide bonds. The molecule has 5 heteroatoms. The number of methoxy groups -OCH3 is 1. The second-order valence-electron chi connectivity index (χ2n) is 7.87. The minimum Gasteiger partial charge on any atom is -0.497 e. The average Bonchev–Trinajstić information content (AvgIpc) is 3.23. The number of carbonyl (C=O) groups excluding carboxylic acids is 1. The molecule has 1 aliphatic heterocycles. The molecule has 1 aromatic heterocycles. The monoisotopic (exact) mass is 361 g/mol. The molecule has 0 saturated carbocycles. The SMILES string of the molecule is COc1cccc(-c2n[nH]c3c2[C@H](c2ccc(C(C)(C)C)cc2)NC3=O)c1. The zero-order valence-electron chi connectivity index (χ0n) is 16.0. The van der Waals surface area contributed by atoms with Gasteiger partial charge in [-0.05, 0) is 28.7 Å². The minimum atomic E-state index is -0.221. The number of nitrogens with one attached hydrogen (secondary N) is 2. The number of aromatic nitrogens is 2. The maximum Gasteiger partial charge on any atom is 0.270 e. The van der Waals surface area contributed by atoms with E-state index in [1.807, 2.05) is 24.3 Å². The van der Waals surface area contributed by atoms with Crippen LogP contribution in [0, 0.1) is 0 Å². The zero-order valence-corrected chi connectivity index (χ0v) is 16.0. The first-order chi connectivity index (χ1) is 12.9. The van der Waals surface area contributed by atoms with Gasteiger partial charge in [0.2, 0.25) is 0 Å². The quantitative estimate of drug-likeness (QED) is 0.734. The van der Waals surface area contributed by atoms with Crippen LogP contribution in [-0.2, 0) is 5.41 Å².